The standard InChI is InChI=1S/C9H14N2O/c1-11-6-3-8(4-7-11)9-2-5-10-12-9/h2,5,8H,3-4,6-7H2,1H3. The van der Waals surface area contributed by atoms with Crippen molar-refractivity contribution in [3.05, 3.63) is 18.0 Å². The van der Waals surface area contributed by atoms with Gasteiger partial charge in [-0.15, -0.1) is 0 Å². The van der Waals surface area contributed by atoms with Crippen molar-refractivity contribution in [2.24, 2.45) is 0 Å². The van der Waals surface area contributed by atoms with Gasteiger partial charge in [-0.25, -0.2) is 0 Å². The highest BCUT2D eigenvalue weighted by atomic mass is 16.5. The van der Waals surface area contributed by atoms with E-state index in [4.69, 9.17) is 4.52 Å². The van der Waals surface area contributed by atoms with Gasteiger partial charge in [0.2, 0.25) is 0 Å². The zero-order valence-electron chi connectivity index (χ0n) is 7.36. The molecule has 0 radical (unpaired) electrons. The SMILES string of the molecule is CN1CCC(c2ccno2)CC1. The molecule has 1 aromatic rings. The molecule has 0 aliphatic carbocycles. The third kappa shape index (κ3) is 1.50. The number of rotatable bonds is 1. The lowest BCUT2D eigenvalue weighted by atomic mass is 9.95. The third-order valence-corrected chi connectivity index (χ3v) is 2.58. The molecule has 0 saturated carbocycles. The first-order chi connectivity index (χ1) is 5.86. The molecule has 0 spiro atoms. The Labute approximate surface area is 72.3 Å². The highest BCUT2D eigenvalue weighted by Crippen LogP contribution is 2.26. The first-order valence-corrected chi connectivity index (χ1v) is 4.45. The molecule has 0 amide bonds. The summed E-state index contributed by atoms with van der Waals surface area (Å²) in [6, 6.07) is 1.98. The molecular formula is C9H14N2O. The van der Waals surface area contributed by atoms with E-state index in [-0.39, 0.29) is 0 Å². The van der Waals surface area contributed by atoms with Gasteiger partial charge in [0, 0.05) is 12.0 Å². The monoisotopic (exact) mass is 166 g/mol. The van der Waals surface area contributed by atoms with Crippen molar-refractivity contribution in [2.45, 2.75) is 18.8 Å². The van der Waals surface area contributed by atoms with Crippen LogP contribution in [0.5, 0.6) is 0 Å². The van der Waals surface area contributed by atoms with Crippen molar-refractivity contribution < 1.29 is 4.52 Å². The zero-order valence-corrected chi connectivity index (χ0v) is 7.36. The predicted octanol–water partition coefficient (Wildman–Crippen LogP) is 1.48. The molecule has 0 aromatic carbocycles. The van der Waals surface area contributed by atoms with Gasteiger partial charge in [0.1, 0.15) is 5.76 Å². The van der Waals surface area contributed by atoms with Crippen molar-refractivity contribution in [1.29, 1.82) is 0 Å². The molecule has 66 valence electrons. The van der Waals surface area contributed by atoms with Crippen LogP contribution in [0.1, 0.15) is 24.5 Å². The minimum absolute atomic E-state index is 0.601. The molecule has 2 heterocycles. The van der Waals surface area contributed by atoms with Crippen LogP contribution in [0.3, 0.4) is 0 Å². The van der Waals surface area contributed by atoms with E-state index in [1.54, 1.807) is 6.20 Å². The minimum Gasteiger partial charge on any atom is -0.361 e. The molecule has 1 saturated heterocycles. The summed E-state index contributed by atoms with van der Waals surface area (Å²) >= 11 is 0. The summed E-state index contributed by atoms with van der Waals surface area (Å²) in [5.74, 6) is 1.66. The molecular weight excluding hydrogens is 152 g/mol. The number of hydrogen-bond donors (Lipinski definition) is 0. The molecule has 3 nitrogen and oxygen atoms in total. The Morgan fingerprint density at radius 3 is 2.83 bits per heavy atom. The second kappa shape index (κ2) is 3.27. The van der Waals surface area contributed by atoms with Gasteiger partial charge in [0.15, 0.2) is 0 Å². The average molecular weight is 166 g/mol. The lowest BCUT2D eigenvalue weighted by molar-refractivity contribution is 0.231. The topological polar surface area (TPSA) is 29.3 Å². The van der Waals surface area contributed by atoms with Crippen molar-refractivity contribution in [3.63, 3.8) is 0 Å². The smallest absolute Gasteiger partial charge is 0.139 e. The van der Waals surface area contributed by atoms with Gasteiger partial charge < -0.3 is 9.42 Å². The zero-order chi connectivity index (χ0) is 8.39. The van der Waals surface area contributed by atoms with E-state index >= 15 is 0 Å². The van der Waals surface area contributed by atoms with Gasteiger partial charge in [-0.05, 0) is 33.0 Å². The summed E-state index contributed by atoms with van der Waals surface area (Å²) < 4.78 is 5.14. The van der Waals surface area contributed by atoms with Crippen LogP contribution in [-0.2, 0) is 0 Å². The Bertz CT molecular complexity index is 225. The Kier molecular flexibility index (Phi) is 2.13. The highest BCUT2D eigenvalue weighted by Gasteiger charge is 2.20. The Morgan fingerprint density at radius 1 is 1.50 bits per heavy atom. The number of aromatic nitrogens is 1. The van der Waals surface area contributed by atoms with E-state index in [2.05, 4.69) is 17.1 Å². The lowest BCUT2D eigenvalue weighted by Gasteiger charge is -2.27. The average Bonchev–Trinajstić information content (AvgIpc) is 2.58. The Hall–Kier alpha value is -0.830. The van der Waals surface area contributed by atoms with Crippen LogP contribution in [0.25, 0.3) is 0 Å². The molecule has 12 heavy (non-hydrogen) atoms. The van der Waals surface area contributed by atoms with Gasteiger partial charge in [0.05, 0.1) is 6.20 Å². The second-order valence-electron chi connectivity index (χ2n) is 3.49. The van der Waals surface area contributed by atoms with Gasteiger partial charge in [-0.2, -0.15) is 0 Å². The quantitative estimate of drug-likeness (QED) is 0.633. The predicted molar refractivity (Wildman–Crippen MR) is 46.0 cm³/mol. The third-order valence-electron chi connectivity index (χ3n) is 2.58. The number of nitrogens with zero attached hydrogens (tertiary/aromatic N) is 2. The van der Waals surface area contributed by atoms with Crippen molar-refractivity contribution in [3.8, 4) is 0 Å². The molecule has 1 aliphatic rings. The summed E-state index contributed by atoms with van der Waals surface area (Å²) in [5.41, 5.74) is 0. The van der Waals surface area contributed by atoms with Crippen LogP contribution in [0.4, 0.5) is 0 Å². The maximum atomic E-state index is 5.14. The van der Waals surface area contributed by atoms with Crippen LogP contribution in [0, 0.1) is 0 Å². The number of likely N-dealkylation sites (tertiary alicyclic amines) is 1. The summed E-state index contributed by atoms with van der Waals surface area (Å²) in [5, 5.41) is 3.73. The van der Waals surface area contributed by atoms with Crippen molar-refractivity contribution in [2.75, 3.05) is 20.1 Å². The highest BCUT2D eigenvalue weighted by molar-refractivity contribution is 5.03. The summed E-state index contributed by atoms with van der Waals surface area (Å²) in [6.07, 6.45) is 4.13. The maximum Gasteiger partial charge on any atom is 0.139 e. The fraction of sp³-hybridized carbons (Fsp3) is 0.667. The van der Waals surface area contributed by atoms with E-state index < -0.39 is 0 Å². The van der Waals surface area contributed by atoms with E-state index in [1.807, 2.05) is 6.07 Å². The molecule has 2 rings (SSSR count). The maximum absolute atomic E-state index is 5.14. The molecule has 0 N–H and O–H groups in total. The van der Waals surface area contributed by atoms with Crippen LogP contribution in [0.2, 0.25) is 0 Å². The van der Waals surface area contributed by atoms with E-state index in [0.29, 0.717) is 5.92 Å². The molecule has 1 fully saturated rings. The fourth-order valence-corrected chi connectivity index (χ4v) is 1.73. The van der Waals surface area contributed by atoms with Gasteiger partial charge in [-0.3, -0.25) is 0 Å². The molecule has 1 aromatic heterocycles. The molecule has 0 bridgehead atoms. The molecule has 1 aliphatic heterocycles. The Morgan fingerprint density at radius 2 is 2.25 bits per heavy atom. The fourth-order valence-electron chi connectivity index (χ4n) is 1.73. The van der Waals surface area contributed by atoms with Gasteiger partial charge in [-0.1, -0.05) is 5.16 Å². The van der Waals surface area contributed by atoms with Crippen LogP contribution in [-0.4, -0.2) is 30.2 Å². The van der Waals surface area contributed by atoms with Crippen LogP contribution in [0.15, 0.2) is 16.8 Å². The van der Waals surface area contributed by atoms with Gasteiger partial charge in [0.25, 0.3) is 0 Å². The molecule has 0 atom stereocenters. The molecule has 3 heteroatoms. The summed E-state index contributed by atoms with van der Waals surface area (Å²) in [7, 11) is 2.16. The Balaban J connectivity index is 1.99. The van der Waals surface area contributed by atoms with E-state index in [9.17, 15) is 0 Å². The van der Waals surface area contributed by atoms with Crippen molar-refractivity contribution >= 4 is 0 Å². The number of hydrogen-bond acceptors (Lipinski definition) is 3. The normalized spacial score (nSPS) is 21.4. The van der Waals surface area contributed by atoms with Crippen LogP contribution < -0.4 is 0 Å². The lowest BCUT2D eigenvalue weighted by Crippen LogP contribution is -2.29. The van der Waals surface area contributed by atoms with Crippen molar-refractivity contribution in [1.82, 2.24) is 10.1 Å². The first kappa shape index (κ1) is 7.80. The van der Waals surface area contributed by atoms with Crippen LogP contribution >= 0.6 is 0 Å². The first-order valence-electron chi connectivity index (χ1n) is 4.45. The number of piperidine rings is 1. The molecule has 0 unspecified atom stereocenters. The van der Waals surface area contributed by atoms with E-state index in [1.165, 1.54) is 25.9 Å². The van der Waals surface area contributed by atoms with Gasteiger partial charge >= 0.3 is 0 Å². The summed E-state index contributed by atoms with van der Waals surface area (Å²) in [6.45, 7) is 2.34. The van der Waals surface area contributed by atoms with E-state index in [0.717, 1.165) is 5.76 Å². The minimum atomic E-state index is 0.601. The summed E-state index contributed by atoms with van der Waals surface area (Å²) in [4.78, 5) is 2.35. The second-order valence-corrected chi connectivity index (χ2v) is 3.49. The largest absolute Gasteiger partial charge is 0.361 e.